The summed E-state index contributed by atoms with van der Waals surface area (Å²) < 4.78 is 0. The molecule has 5 heteroatoms. The van der Waals surface area contributed by atoms with Crippen molar-refractivity contribution in [3.05, 3.63) is 37.1 Å². The molecule has 0 radical (unpaired) electrons. The van der Waals surface area contributed by atoms with Crippen LogP contribution < -0.4 is 0 Å². The summed E-state index contributed by atoms with van der Waals surface area (Å²) >= 11 is 1.55. The molecule has 0 saturated carbocycles. The number of rotatable bonds is 1. The summed E-state index contributed by atoms with van der Waals surface area (Å²) in [6.07, 6.45) is 6.80. The summed E-state index contributed by atoms with van der Waals surface area (Å²) in [6, 6.07) is 3.88. The predicted molar refractivity (Wildman–Crippen MR) is 58.4 cm³/mol. The Labute approximate surface area is 89.7 Å². The molecule has 0 unspecified atom stereocenters. The van der Waals surface area contributed by atoms with Crippen molar-refractivity contribution in [1.82, 2.24) is 19.9 Å². The van der Waals surface area contributed by atoms with Crippen LogP contribution >= 0.6 is 11.3 Å². The van der Waals surface area contributed by atoms with Gasteiger partial charge in [-0.15, -0.1) is 0 Å². The van der Waals surface area contributed by atoms with Gasteiger partial charge < -0.3 is 0 Å². The highest BCUT2D eigenvalue weighted by Crippen LogP contribution is 2.27. The smallest absolute Gasteiger partial charge is 0.147 e. The van der Waals surface area contributed by atoms with Crippen LogP contribution in [-0.2, 0) is 0 Å². The molecule has 0 atom stereocenters. The molecule has 0 aliphatic carbocycles. The first kappa shape index (κ1) is 8.43. The summed E-state index contributed by atoms with van der Waals surface area (Å²) in [7, 11) is 0. The van der Waals surface area contributed by atoms with Gasteiger partial charge in [-0.1, -0.05) is 11.3 Å². The number of hydrogen-bond donors (Lipinski definition) is 0. The molecule has 0 saturated heterocycles. The van der Waals surface area contributed by atoms with E-state index in [2.05, 4.69) is 19.9 Å². The first-order valence-electron chi connectivity index (χ1n) is 4.40. The fourth-order valence-electron chi connectivity index (χ4n) is 1.30. The minimum absolute atomic E-state index is 0.835. The van der Waals surface area contributed by atoms with Gasteiger partial charge in [-0.25, -0.2) is 15.0 Å². The SMILES string of the molecule is c1cncc(-c2nc3cncnc3s2)c1. The van der Waals surface area contributed by atoms with Gasteiger partial charge in [0.05, 0.1) is 6.20 Å². The molecule has 72 valence electrons. The number of fused-ring (bicyclic) bond motifs is 1. The number of pyridine rings is 1. The Morgan fingerprint density at radius 3 is 2.93 bits per heavy atom. The monoisotopic (exact) mass is 214 g/mol. The van der Waals surface area contributed by atoms with E-state index in [0.29, 0.717) is 0 Å². The lowest BCUT2D eigenvalue weighted by Crippen LogP contribution is -1.77. The average molecular weight is 214 g/mol. The van der Waals surface area contributed by atoms with Gasteiger partial charge >= 0.3 is 0 Å². The lowest BCUT2D eigenvalue weighted by atomic mass is 10.3. The molecule has 0 amide bonds. The molecule has 3 aromatic rings. The molecule has 0 bridgehead atoms. The van der Waals surface area contributed by atoms with Crippen LogP contribution in [0.25, 0.3) is 20.9 Å². The van der Waals surface area contributed by atoms with E-state index < -0.39 is 0 Å². The van der Waals surface area contributed by atoms with E-state index >= 15 is 0 Å². The first-order valence-corrected chi connectivity index (χ1v) is 5.22. The van der Waals surface area contributed by atoms with Crippen LogP contribution in [0.15, 0.2) is 37.1 Å². The highest BCUT2D eigenvalue weighted by molar-refractivity contribution is 7.21. The zero-order valence-electron chi connectivity index (χ0n) is 7.66. The summed E-state index contributed by atoms with van der Waals surface area (Å²) in [4.78, 5) is 17.5. The Balaban J connectivity index is 2.21. The third kappa shape index (κ3) is 1.46. The van der Waals surface area contributed by atoms with Crippen molar-refractivity contribution in [3.8, 4) is 10.6 Å². The molecular weight excluding hydrogens is 208 g/mol. The second-order valence-corrected chi connectivity index (χ2v) is 3.95. The number of nitrogens with zero attached hydrogens (tertiary/aromatic N) is 4. The highest BCUT2D eigenvalue weighted by atomic mass is 32.1. The van der Waals surface area contributed by atoms with E-state index in [9.17, 15) is 0 Å². The van der Waals surface area contributed by atoms with Crippen molar-refractivity contribution in [3.63, 3.8) is 0 Å². The molecule has 3 rings (SSSR count). The minimum Gasteiger partial charge on any atom is -0.264 e. The van der Waals surface area contributed by atoms with E-state index in [1.54, 1.807) is 29.9 Å². The Kier molecular flexibility index (Phi) is 1.89. The molecule has 0 spiro atoms. The molecular formula is C10H6N4S. The van der Waals surface area contributed by atoms with Crippen LogP contribution in [0.2, 0.25) is 0 Å². The van der Waals surface area contributed by atoms with Crippen LogP contribution in [0.5, 0.6) is 0 Å². The first-order chi connectivity index (χ1) is 7.43. The van der Waals surface area contributed by atoms with Gasteiger partial charge in [-0.05, 0) is 12.1 Å². The van der Waals surface area contributed by atoms with E-state index in [1.807, 2.05) is 12.1 Å². The molecule has 0 fully saturated rings. The van der Waals surface area contributed by atoms with Crippen LogP contribution in [-0.4, -0.2) is 19.9 Å². The summed E-state index contributed by atoms with van der Waals surface area (Å²) in [5.74, 6) is 0. The standard InChI is InChI=1S/C10H6N4S/c1-2-7(4-11-3-1)9-14-8-5-12-6-13-10(8)15-9/h1-6H. The van der Waals surface area contributed by atoms with Gasteiger partial charge in [0.2, 0.25) is 0 Å². The van der Waals surface area contributed by atoms with Gasteiger partial charge in [0.1, 0.15) is 21.7 Å². The molecule has 0 aliphatic rings. The molecule has 4 nitrogen and oxygen atoms in total. The Bertz CT molecular complexity index is 557. The maximum Gasteiger partial charge on any atom is 0.147 e. The van der Waals surface area contributed by atoms with E-state index in [0.717, 1.165) is 20.9 Å². The minimum atomic E-state index is 0.835. The van der Waals surface area contributed by atoms with Crippen molar-refractivity contribution < 1.29 is 0 Å². The van der Waals surface area contributed by atoms with Crippen LogP contribution in [0, 0.1) is 0 Å². The lowest BCUT2D eigenvalue weighted by Gasteiger charge is -1.91. The normalized spacial score (nSPS) is 10.7. The van der Waals surface area contributed by atoms with Crippen LogP contribution in [0.1, 0.15) is 0 Å². The van der Waals surface area contributed by atoms with Gasteiger partial charge in [-0.3, -0.25) is 4.98 Å². The highest BCUT2D eigenvalue weighted by Gasteiger charge is 2.06. The van der Waals surface area contributed by atoms with E-state index in [1.165, 1.54) is 6.33 Å². The van der Waals surface area contributed by atoms with Crippen molar-refractivity contribution in [2.45, 2.75) is 0 Å². The molecule has 0 aromatic carbocycles. The van der Waals surface area contributed by atoms with Crippen molar-refractivity contribution in [2.75, 3.05) is 0 Å². The van der Waals surface area contributed by atoms with E-state index in [-0.39, 0.29) is 0 Å². The Morgan fingerprint density at radius 2 is 2.13 bits per heavy atom. The number of thiazole rings is 1. The molecule has 3 aromatic heterocycles. The number of hydrogen-bond acceptors (Lipinski definition) is 5. The quantitative estimate of drug-likeness (QED) is 0.622. The summed E-state index contributed by atoms with van der Waals surface area (Å²) in [5, 5.41) is 0.929. The van der Waals surface area contributed by atoms with E-state index in [4.69, 9.17) is 0 Å². The fraction of sp³-hybridized carbons (Fsp3) is 0. The molecule has 0 N–H and O–H groups in total. The Morgan fingerprint density at radius 1 is 1.13 bits per heavy atom. The van der Waals surface area contributed by atoms with Crippen molar-refractivity contribution in [2.24, 2.45) is 0 Å². The van der Waals surface area contributed by atoms with Gasteiger partial charge in [0, 0.05) is 18.0 Å². The second kappa shape index (κ2) is 3.36. The largest absolute Gasteiger partial charge is 0.264 e. The zero-order chi connectivity index (χ0) is 10.1. The van der Waals surface area contributed by atoms with Gasteiger partial charge in [0.15, 0.2) is 0 Å². The average Bonchev–Trinajstić information content (AvgIpc) is 2.74. The Hall–Kier alpha value is -1.88. The predicted octanol–water partition coefficient (Wildman–Crippen LogP) is 2.15. The summed E-state index contributed by atoms with van der Waals surface area (Å²) in [6.45, 7) is 0. The molecule has 0 aliphatic heterocycles. The number of aromatic nitrogens is 4. The third-order valence-electron chi connectivity index (χ3n) is 1.98. The van der Waals surface area contributed by atoms with Gasteiger partial charge in [-0.2, -0.15) is 0 Å². The van der Waals surface area contributed by atoms with Crippen molar-refractivity contribution in [1.29, 1.82) is 0 Å². The van der Waals surface area contributed by atoms with Gasteiger partial charge in [0.25, 0.3) is 0 Å². The van der Waals surface area contributed by atoms with Crippen LogP contribution in [0.4, 0.5) is 0 Å². The topological polar surface area (TPSA) is 51.6 Å². The summed E-state index contributed by atoms with van der Waals surface area (Å²) in [5.41, 5.74) is 1.85. The van der Waals surface area contributed by atoms with Crippen LogP contribution in [0.3, 0.4) is 0 Å². The third-order valence-corrected chi connectivity index (χ3v) is 3.01. The molecule has 15 heavy (non-hydrogen) atoms. The second-order valence-electron chi connectivity index (χ2n) is 2.97. The lowest BCUT2D eigenvalue weighted by molar-refractivity contribution is 1.22. The fourth-order valence-corrected chi connectivity index (χ4v) is 2.17. The molecule has 3 heterocycles. The maximum atomic E-state index is 4.44. The van der Waals surface area contributed by atoms with Crippen molar-refractivity contribution >= 4 is 21.7 Å². The zero-order valence-corrected chi connectivity index (χ0v) is 8.48. The maximum absolute atomic E-state index is 4.44.